The fraction of sp³-hybridized carbons (Fsp3) is 0.100. The molecule has 64 valence electrons. The van der Waals surface area contributed by atoms with Crippen LogP contribution in [0, 0.1) is 0 Å². The van der Waals surface area contributed by atoms with Crippen LogP contribution in [0.2, 0.25) is 0 Å². The first-order chi connectivity index (χ1) is 6.45. The molecule has 2 heterocycles. The molecule has 13 heavy (non-hydrogen) atoms. The van der Waals surface area contributed by atoms with Crippen molar-refractivity contribution in [2.75, 3.05) is 0 Å². The second-order valence-corrected chi connectivity index (χ2v) is 5.30. The molecule has 1 aliphatic rings. The van der Waals surface area contributed by atoms with Crippen LogP contribution in [0.25, 0.3) is 10.9 Å². The Bertz CT molecular complexity index is 467. The van der Waals surface area contributed by atoms with Crippen molar-refractivity contribution in [3.05, 3.63) is 36.0 Å². The zero-order chi connectivity index (χ0) is 8.67. The van der Waals surface area contributed by atoms with Crippen LogP contribution >= 0.6 is 21.6 Å². The Hall–Kier alpha value is -0.670. The summed E-state index contributed by atoms with van der Waals surface area (Å²) in [6, 6.07) is 8.46. The Balaban J connectivity index is 2.43. The minimum absolute atomic E-state index is 1.09. The maximum Gasteiger partial charge on any atom is 0.0754 e. The van der Waals surface area contributed by atoms with Crippen LogP contribution in [-0.2, 0) is 5.75 Å². The van der Waals surface area contributed by atoms with Gasteiger partial charge in [-0.3, -0.25) is 4.98 Å². The van der Waals surface area contributed by atoms with Crippen molar-refractivity contribution in [2.24, 2.45) is 0 Å². The summed E-state index contributed by atoms with van der Waals surface area (Å²) in [6.45, 7) is 0. The first-order valence-electron chi connectivity index (χ1n) is 4.11. The van der Waals surface area contributed by atoms with E-state index in [1.54, 1.807) is 0 Å². The predicted octanol–water partition coefficient (Wildman–Crippen LogP) is 3.49. The van der Waals surface area contributed by atoms with Crippen LogP contribution in [-0.4, -0.2) is 4.98 Å². The molecule has 0 aliphatic carbocycles. The van der Waals surface area contributed by atoms with E-state index in [0.29, 0.717) is 0 Å². The monoisotopic (exact) mass is 205 g/mol. The highest BCUT2D eigenvalue weighted by atomic mass is 33.1. The van der Waals surface area contributed by atoms with Gasteiger partial charge in [-0.15, -0.1) is 0 Å². The molecule has 0 N–H and O–H groups in total. The molecule has 0 unspecified atom stereocenters. The molecule has 0 amide bonds. The van der Waals surface area contributed by atoms with Crippen LogP contribution in [0.4, 0.5) is 0 Å². The number of hydrogen-bond acceptors (Lipinski definition) is 3. The lowest BCUT2D eigenvalue weighted by Gasteiger charge is -2.01. The van der Waals surface area contributed by atoms with Crippen molar-refractivity contribution >= 4 is 32.5 Å². The first kappa shape index (κ1) is 7.71. The summed E-state index contributed by atoms with van der Waals surface area (Å²) in [5, 5.41) is 1.25. The molecular formula is C10H7NS2. The minimum Gasteiger partial charge on any atom is -0.256 e. The fourth-order valence-electron chi connectivity index (χ4n) is 1.56. The number of rotatable bonds is 0. The van der Waals surface area contributed by atoms with Crippen molar-refractivity contribution in [3.63, 3.8) is 0 Å². The minimum atomic E-state index is 1.09. The Kier molecular flexibility index (Phi) is 1.73. The molecule has 1 aliphatic heterocycles. The van der Waals surface area contributed by atoms with Gasteiger partial charge in [-0.2, -0.15) is 0 Å². The third kappa shape index (κ3) is 1.15. The quantitative estimate of drug-likeness (QED) is 0.611. The van der Waals surface area contributed by atoms with Gasteiger partial charge in [0.25, 0.3) is 0 Å². The second-order valence-electron chi connectivity index (χ2n) is 2.96. The molecule has 0 bridgehead atoms. The number of pyridine rings is 1. The molecule has 3 rings (SSSR count). The van der Waals surface area contributed by atoms with E-state index < -0.39 is 0 Å². The lowest BCUT2D eigenvalue weighted by atomic mass is 10.1. The van der Waals surface area contributed by atoms with Crippen molar-refractivity contribution in [1.29, 1.82) is 0 Å². The van der Waals surface area contributed by atoms with Gasteiger partial charge in [0.1, 0.15) is 0 Å². The Morgan fingerprint density at radius 1 is 1.23 bits per heavy atom. The molecule has 1 nitrogen and oxygen atoms in total. The van der Waals surface area contributed by atoms with Gasteiger partial charge in [0, 0.05) is 27.8 Å². The van der Waals surface area contributed by atoms with Crippen molar-refractivity contribution in [1.82, 2.24) is 4.98 Å². The van der Waals surface area contributed by atoms with E-state index in [1.807, 2.05) is 33.9 Å². The summed E-state index contributed by atoms with van der Waals surface area (Å²) in [5.41, 5.74) is 2.59. The van der Waals surface area contributed by atoms with Crippen molar-refractivity contribution in [2.45, 2.75) is 10.6 Å². The average molecular weight is 205 g/mol. The molecular weight excluding hydrogens is 198 g/mol. The van der Waals surface area contributed by atoms with Gasteiger partial charge in [-0.25, -0.2) is 0 Å². The van der Waals surface area contributed by atoms with Gasteiger partial charge in [0.05, 0.1) is 5.52 Å². The van der Waals surface area contributed by atoms with Crippen molar-refractivity contribution < 1.29 is 0 Å². The maximum atomic E-state index is 4.43. The number of hydrogen-bond donors (Lipinski definition) is 0. The standard InChI is InChI=1S/C10H7NS2/c1-2-7-3-4-9-8(6-12-13-9)10(7)11-5-1/h1-5H,6H2. The Morgan fingerprint density at radius 3 is 3.23 bits per heavy atom. The Labute approximate surface area is 84.3 Å². The van der Waals surface area contributed by atoms with Gasteiger partial charge < -0.3 is 0 Å². The molecule has 1 aromatic heterocycles. The van der Waals surface area contributed by atoms with Gasteiger partial charge in [-0.1, -0.05) is 33.7 Å². The van der Waals surface area contributed by atoms with Crippen LogP contribution in [0.1, 0.15) is 5.56 Å². The summed E-state index contributed by atoms with van der Waals surface area (Å²) < 4.78 is 0. The van der Waals surface area contributed by atoms with E-state index in [0.717, 1.165) is 5.75 Å². The van der Waals surface area contributed by atoms with Crippen LogP contribution in [0.15, 0.2) is 35.4 Å². The highest BCUT2D eigenvalue weighted by Gasteiger charge is 2.15. The molecule has 0 radical (unpaired) electrons. The molecule has 0 saturated heterocycles. The first-order valence-corrected chi connectivity index (χ1v) is 6.43. The van der Waals surface area contributed by atoms with E-state index in [-0.39, 0.29) is 0 Å². The number of aromatic nitrogens is 1. The van der Waals surface area contributed by atoms with Crippen LogP contribution in [0.3, 0.4) is 0 Å². The normalized spacial score (nSPS) is 14.8. The third-order valence-corrected chi connectivity index (χ3v) is 4.52. The van der Waals surface area contributed by atoms with E-state index in [2.05, 4.69) is 23.2 Å². The fourth-order valence-corrected chi connectivity index (χ4v) is 4.02. The third-order valence-electron chi connectivity index (χ3n) is 2.19. The lowest BCUT2D eigenvalue weighted by molar-refractivity contribution is 1.28. The van der Waals surface area contributed by atoms with E-state index >= 15 is 0 Å². The van der Waals surface area contributed by atoms with Crippen LogP contribution in [0.5, 0.6) is 0 Å². The zero-order valence-electron chi connectivity index (χ0n) is 6.86. The Morgan fingerprint density at radius 2 is 2.23 bits per heavy atom. The molecule has 0 saturated carbocycles. The molecule has 0 spiro atoms. The maximum absolute atomic E-state index is 4.43. The summed E-state index contributed by atoms with van der Waals surface area (Å²) in [7, 11) is 3.75. The summed E-state index contributed by atoms with van der Waals surface area (Å²) in [6.07, 6.45) is 1.87. The number of benzene rings is 1. The zero-order valence-corrected chi connectivity index (χ0v) is 8.49. The van der Waals surface area contributed by atoms with Gasteiger partial charge >= 0.3 is 0 Å². The molecule has 3 heteroatoms. The van der Waals surface area contributed by atoms with E-state index in [4.69, 9.17) is 0 Å². The average Bonchev–Trinajstić information content (AvgIpc) is 2.65. The smallest absolute Gasteiger partial charge is 0.0754 e. The number of nitrogens with zero attached hydrogens (tertiary/aromatic N) is 1. The van der Waals surface area contributed by atoms with Gasteiger partial charge in [-0.05, 0) is 12.1 Å². The molecule has 2 aromatic rings. The van der Waals surface area contributed by atoms with Crippen molar-refractivity contribution in [3.8, 4) is 0 Å². The highest BCUT2D eigenvalue weighted by molar-refractivity contribution is 8.76. The second kappa shape index (κ2) is 2.93. The summed E-state index contributed by atoms with van der Waals surface area (Å²) >= 11 is 0. The van der Waals surface area contributed by atoms with Crippen LogP contribution < -0.4 is 0 Å². The highest BCUT2D eigenvalue weighted by Crippen LogP contribution is 2.46. The predicted molar refractivity (Wildman–Crippen MR) is 58.9 cm³/mol. The largest absolute Gasteiger partial charge is 0.256 e. The van der Waals surface area contributed by atoms with E-state index in [9.17, 15) is 0 Å². The molecule has 0 atom stereocenters. The number of fused-ring (bicyclic) bond motifs is 3. The van der Waals surface area contributed by atoms with Gasteiger partial charge in [0.2, 0.25) is 0 Å². The molecule has 0 fully saturated rings. The van der Waals surface area contributed by atoms with E-state index in [1.165, 1.54) is 21.4 Å². The SMILES string of the molecule is c1cnc2c3c(ccc2c1)SSC3. The molecule has 1 aromatic carbocycles. The summed E-state index contributed by atoms with van der Waals surface area (Å²) in [4.78, 5) is 5.81. The topological polar surface area (TPSA) is 12.9 Å². The lowest BCUT2D eigenvalue weighted by Crippen LogP contribution is -1.85. The van der Waals surface area contributed by atoms with Gasteiger partial charge in [0.15, 0.2) is 0 Å². The summed E-state index contributed by atoms with van der Waals surface area (Å²) in [5.74, 6) is 1.09.